The van der Waals surface area contributed by atoms with Crippen LogP contribution < -0.4 is 5.32 Å². The molecule has 2 aliphatic heterocycles. The van der Waals surface area contributed by atoms with Crippen LogP contribution in [0, 0.1) is 5.92 Å². The highest BCUT2D eigenvalue weighted by molar-refractivity contribution is 5.94. The van der Waals surface area contributed by atoms with Crippen molar-refractivity contribution in [3.05, 3.63) is 54.1 Å². The van der Waals surface area contributed by atoms with Gasteiger partial charge in [0.25, 0.3) is 0 Å². The normalized spacial score (nSPS) is 23.1. The Kier molecular flexibility index (Phi) is 4.60. The molecule has 2 aromatic carbocycles. The molecular formula is C22H24N2O2. The van der Waals surface area contributed by atoms with Crippen molar-refractivity contribution in [3.63, 3.8) is 0 Å². The number of nitrogens with one attached hydrogen (secondary N) is 1. The van der Waals surface area contributed by atoms with E-state index in [0.29, 0.717) is 19.5 Å². The second kappa shape index (κ2) is 7.04. The maximum absolute atomic E-state index is 12.7. The SMILES string of the molecule is CC(=O)C1CNC(C(=O)N2CC=C(c3cccc4ccccc34)CC2)C1. The van der Waals surface area contributed by atoms with E-state index in [4.69, 9.17) is 0 Å². The molecule has 0 aromatic heterocycles. The van der Waals surface area contributed by atoms with E-state index in [1.807, 2.05) is 4.90 Å². The highest BCUT2D eigenvalue weighted by Gasteiger charge is 2.34. The molecule has 4 heteroatoms. The van der Waals surface area contributed by atoms with Gasteiger partial charge in [-0.3, -0.25) is 9.59 Å². The monoisotopic (exact) mass is 348 g/mol. The highest BCUT2D eigenvalue weighted by Crippen LogP contribution is 2.29. The van der Waals surface area contributed by atoms with Crippen LogP contribution >= 0.6 is 0 Å². The van der Waals surface area contributed by atoms with Gasteiger partial charge in [0.05, 0.1) is 6.04 Å². The minimum Gasteiger partial charge on any atom is -0.337 e. The fraction of sp³-hybridized carbons (Fsp3) is 0.364. The van der Waals surface area contributed by atoms with Crippen molar-refractivity contribution >= 4 is 28.0 Å². The molecule has 1 amide bonds. The van der Waals surface area contributed by atoms with Gasteiger partial charge in [-0.25, -0.2) is 0 Å². The zero-order chi connectivity index (χ0) is 18.1. The lowest BCUT2D eigenvalue weighted by atomic mass is 9.94. The predicted octanol–water partition coefficient (Wildman–Crippen LogP) is 3.02. The molecule has 2 aromatic rings. The molecule has 4 rings (SSSR count). The minimum atomic E-state index is -0.212. The number of amides is 1. The third kappa shape index (κ3) is 3.17. The van der Waals surface area contributed by atoms with E-state index in [1.165, 1.54) is 21.9 Å². The van der Waals surface area contributed by atoms with Crippen LogP contribution in [0.4, 0.5) is 0 Å². The van der Waals surface area contributed by atoms with Crippen molar-refractivity contribution in [2.75, 3.05) is 19.6 Å². The summed E-state index contributed by atoms with van der Waals surface area (Å²) in [6.07, 6.45) is 3.67. The molecule has 0 spiro atoms. The summed E-state index contributed by atoms with van der Waals surface area (Å²) in [7, 11) is 0. The molecule has 0 bridgehead atoms. The molecule has 1 N–H and O–H groups in total. The molecule has 2 aliphatic rings. The largest absolute Gasteiger partial charge is 0.337 e. The summed E-state index contributed by atoms with van der Waals surface area (Å²) < 4.78 is 0. The maximum atomic E-state index is 12.7. The van der Waals surface area contributed by atoms with E-state index >= 15 is 0 Å². The third-order valence-corrected chi connectivity index (χ3v) is 5.66. The van der Waals surface area contributed by atoms with Crippen LogP contribution in [-0.4, -0.2) is 42.3 Å². The van der Waals surface area contributed by atoms with Gasteiger partial charge in [0, 0.05) is 25.6 Å². The summed E-state index contributed by atoms with van der Waals surface area (Å²) in [4.78, 5) is 26.2. The zero-order valence-electron chi connectivity index (χ0n) is 15.1. The van der Waals surface area contributed by atoms with Gasteiger partial charge in [0.2, 0.25) is 5.91 Å². The number of nitrogens with zero attached hydrogens (tertiary/aromatic N) is 1. The van der Waals surface area contributed by atoms with Crippen LogP contribution in [0.2, 0.25) is 0 Å². The fourth-order valence-electron chi connectivity index (χ4n) is 4.07. The molecular weight excluding hydrogens is 324 g/mol. The molecule has 0 aliphatic carbocycles. The van der Waals surface area contributed by atoms with E-state index in [-0.39, 0.29) is 23.7 Å². The molecule has 0 saturated carbocycles. The Morgan fingerprint density at radius 1 is 1.12 bits per heavy atom. The van der Waals surface area contributed by atoms with Crippen LogP contribution in [0.1, 0.15) is 25.3 Å². The Morgan fingerprint density at radius 3 is 2.65 bits per heavy atom. The lowest BCUT2D eigenvalue weighted by molar-refractivity contribution is -0.132. The maximum Gasteiger partial charge on any atom is 0.240 e. The molecule has 0 radical (unpaired) electrons. The molecule has 2 atom stereocenters. The lowest BCUT2D eigenvalue weighted by Gasteiger charge is -2.29. The predicted molar refractivity (Wildman–Crippen MR) is 104 cm³/mol. The van der Waals surface area contributed by atoms with Crippen LogP contribution in [-0.2, 0) is 9.59 Å². The lowest BCUT2D eigenvalue weighted by Crippen LogP contribution is -2.45. The fourth-order valence-corrected chi connectivity index (χ4v) is 4.07. The van der Waals surface area contributed by atoms with Crippen molar-refractivity contribution in [1.82, 2.24) is 10.2 Å². The number of hydrogen-bond donors (Lipinski definition) is 1. The molecule has 1 fully saturated rings. The molecule has 4 nitrogen and oxygen atoms in total. The number of hydrogen-bond acceptors (Lipinski definition) is 3. The third-order valence-electron chi connectivity index (χ3n) is 5.66. The Balaban J connectivity index is 1.48. The Morgan fingerprint density at radius 2 is 1.92 bits per heavy atom. The first-order chi connectivity index (χ1) is 12.6. The summed E-state index contributed by atoms with van der Waals surface area (Å²) in [6.45, 7) is 3.60. The second-order valence-electron chi connectivity index (χ2n) is 7.29. The Labute approximate surface area is 153 Å². The number of rotatable bonds is 3. The zero-order valence-corrected chi connectivity index (χ0v) is 15.1. The molecule has 2 heterocycles. The van der Waals surface area contributed by atoms with Crippen LogP contribution in [0.25, 0.3) is 16.3 Å². The van der Waals surface area contributed by atoms with Gasteiger partial charge in [-0.05, 0) is 41.7 Å². The van der Waals surface area contributed by atoms with Crippen molar-refractivity contribution in [2.45, 2.75) is 25.8 Å². The first-order valence-electron chi connectivity index (χ1n) is 9.33. The Hall–Kier alpha value is -2.46. The minimum absolute atomic E-state index is 0.0180. The van der Waals surface area contributed by atoms with Gasteiger partial charge < -0.3 is 10.2 Å². The summed E-state index contributed by atoms with van der Waals surface area (Å²) in [5.41, 5.74) is 2.58. The quantitative estimate of drug-likeness (QED) is 0.928. The first-order valence-corrected chi connectivity index (χ1v) is 9.33. The van der Waals surface area contributed by atoms with Gasteiger partial charge in [0.15, 0.2) is 0 Å². The summed E-state index contributed by atoms with van der Waals surface area (Å²) in [5, 5.41) is 5.73. The van der Waals surface area contributed by atoms with E-state index in [9.17, 15) is 9.59 Å². The number of Topliss-reactive ketones (excluding diaryl/α,β-unsaturated/α-hetero) is 1. The van der Waals surface area contributed by atoms with Crippen LogP contribution in [0.3, 0.4) is 0 Å². The average molecular weight is 348 g/mol. The van der Waals surface area contributed by atoms with Gasteiger partial charge in [-0.2, -0.15) is 0 Å². The van der Waals surface area contributed by atoms with Gasteiger partial charge in [-0.1, -0.05) is 48.5 Å². The van der Waals surface area contributed by atoms with Crippen LogP contribution in [0.5, 0.6) is 0 Å². The number of benzene rings is 2. The molecule has 134 valence electrons. The highest BCUT2D eigenvalue weighted by atomic mass is 16.2. The van der Waals surface area contributed by atoms with Crippen molar-refractivity contribution in [3.8, 4) is 0 Å². The van der Waals surface area contributed by atoms with E-state index < -0.39 is 0 Å². The summed E-state index contributed by atoms with van der Waals surface area (Å²) in [6, 6.07) is 14.6. The Bertz CT molecular complexity index is 881. The number of ketones is 1. The molecule has 26 heavy (non-hydrogen) atoms. The van der Waals surface area contributed by atoms with Crippen molar-refractivity contribution < 1.29 is 9.59 Å². The van der Waals surface area contributed by atoms with Gasteiger partial charge in [0.1, 0.15) is 5.78 Å². The summed E-state index contributed by atoms with van der Waals surface area (Å²) in [5.74, 6) is 0.280. The number of carbonyl (C=O) groups excluding carboxylic acids is 2. The van der Waals surface area contributed by atoms with E-state index in [1.54, 1.807) is 6.92 Å². The standard InChI is InChI=1S/C22H24N2O2/c1-15(25)18-13-21(23-14-18)22(26)24-11-9-17(10-12-24)20-8-4-6-16-5-2-3-7-19(16)20/h2-9,18,21,23H,10-14H2,1H3. The van der Waals surface area contributed by atoms with Gasteiger partial charge >= 0.3 is 0 Å². The van der Waals surface area contributed by atoms with Gasteiger partial charge in [-0.15, -0.1) is 0 Å². The van der Waals surface area contributed by atoms with E-state index in [2.05, 4.69) is 53.9 Å². The summed E-state index contributed by atoms with van der Waals surface area (Å²) >= 11 is 0. The number of carbonyl (C=O) groups is 2. The topological polar surface area (TPSA) is 49.4 Å². The molecule has 2 unspecified atom stereocenters. The smallest absolute Gasteiger partial charge is 0.240 e. The second-order valence-corrected chi connectivity index (χ2v) is 7.29. The van der Waals surface area contributed by atoms with Crippen LogP contribution in [0.15, 0.2) is 48.5 Å². The average Bonchev–Trinajstić information content (AvgIpc) is 3.18. The van der Waals surface area contributed by atoms with Crippen molar-refractivity contribution in [1.29, 1.82) is 0 Å². The first kappa shape index (κ1) is 17.0. The number of fused-ring (bicyclic) bond motifs is 1. The van der Waals surface area contributed by atoms with Crippen molar-refractivity contribution in [2.24, 2.45) is 5.92 Å². The van der Waals surface area contributed by atoms with E-state index in [0.717, 1.165) is 13.0 Å². The molecule has 1 saturated heterocycles.